The Morgan fingerprint density at radius 3 is 2.21 bits per heavy atom. The fraction of sp³-hybridized carbons (Fsp3) is 0.100. The molecule has 0 fully saturated rings. The quantitative estimate of drug-likeness (QED) is 0.844. The number of carbonyl (C=O) groups is 1. The highest BCUT2D eigenvalue weighted by Crippen LogP contribution is 2.24. The van der Waals surface area contributed by atoms with Gasteiger partial charge in [-0.3, -0.25) is 0 Å². The van der Waals surface area contributed by atoms with E-state index < -0.39 is 5.97 Å². The zero-order valence-corrected chi connectivity index (χ0v) is 10.6. The third kappa shape index (κ3) is 3.27. The molecule has 0 amide bonds. The fourth-order valence-corrected chi connectivity index (χ4v) is 2.34. The van der Waals surface area contributed by atoms with Crippen LogP contribution in [0.15, 0.2) is 33.2 Å². The van der Waals surface area contributed by atoms with E-state index in [1.54, 1.807) is 6.92 Å². The lowest BCUT2D eigenvalue weighted by Crippen LogP contribution is -1.90. The Kier molecular flexibility index (Phi) is 3.89. The molecule has 0 saturated heterocycles. The van der Waals surface area contributed by atoms with Crippen LogP contribution in [0, 0.1) is 0 Å². The molecule has 1 rings (SSSR count). The number of allylic oxidation sites excluding steroid dienone is 1. The molecule has 74 valence electrons. The number of benzene rings is 1. The summed E-state index contributed by atoms with van der Waals surface area (Å²) in [5.41, 5.74) is 1.60. The number of rotatable bonds is 2. The van der Waals surface area contributed by atoms with Crippen LogP contribution in [-0.4, -0.2) is 11.1 Å². The molecule has 1 aromatic carbocycles. The topological polar surface area (TPSA) is 37.3 Å². The maximum atomic E-state index is 10.5. The Labute approximate surface area is 98.9 Å². The molecule has 0 saturated carbocycles. The molecule has 0 atom stereocenters. The lowest BCUT2D eigenvalue weighted by molar-refractivity contribution is -0.131. The van der Waals surface area contributed by atoms with Gasteiger partial charge in [0.1, 0.15) is 0 Å². The maximum Gasteiger partial charge on any atom is 0.328 e. The standard InChI is InChI=1S/C10H8Br2O2/c1-6(2-10(13)14)7-3-8(11)5-9(12)4-7/h2-5H,1H3,(H,13,14). The highest BCUT2D eigenvalue weighted by atomic mass is 79.9. The highest BCUT2D eigenvalue weighted by Gasteiger charge is 2.01. The third-order valence-electron chi connectivity index (χ3n) is 1.66. The second-order valence-corrected chi connectivity index (χ2v) is 4.66. The number of carboxylic acids is 1. The van der Waals surface area contributed by atoms with Gasteiger partial charge >= 0.3 is 5.97 Å². The van der Waals surface area contributed by atoms with Crippen LogP contribution in [0.1, 0.15) is 12.5 Å². The molecule has 0 heterocycles. The first kappa shape index (κ1) is 11.5. The smallest absolute Gasteiger partial charge is 0.328 e. The lowest BCUT2D eigenvalue weighted by atomic mass is 10.1. The van der Waals surface area contributed by atoms with Crippen molar-refractivity contribution in [3.8, 4) is 0 Å². The van der Waals surface area contributed by atoms with E-state index in [1.807, 2.05) is 18.2 Å². The van der Waals surface area contributed by atoms with Gasteiger partial charge in [-0.15, -0.1) is 0 Å². The molecule has 0 aliphatic rings. The van der Waals surface area contributed by atoms with Gasteiger partial charge < -0.3 is 5.11 Å². The summed E-state index contributed by atoms with van der Waals surface area (Å²) in [5, 5.41) is 8.58. The van der Waals surface area contributed by atoms with Crippen molar-refractivity contribution >= 4 is 43.4 Å². The number of hydrogen-bond donors (Lipinski definition) is 1. The first-order valence-electron chi connectivity index (χ1n) is 3.87. The van der Waals surface area contributed by atoms with Crippen LogP contribution in [0.3, 0.4) is 0 Å². The van der Waals surface area contributed by atoms with Gasteiger partial charge in [0.05, 0.1) is 0 Å². The monoisotopic (exact) mass is 318 g/mol. The van der Waals surface area contributed by atoms with Gasteiger partial charge in [0.25, 0.3) is 0 Å². The first-order chi connectivity index (χ1) is 6.49. The average molecular weight is 320 g/mol. The van der Waals surface area contributed by atoms with Crippen LogP contribution in [0.5, 0.6) is 0 Å². The Bertz CT molecular complexity index is 377. The van der Waals surface area contributed by atoms with Gasteiger partial charge in [-0.25, -0.2) is 4.79 Å². The Hall–Kier alpha value is -0.610. The summed E-state index contributed by atoms with van der Waals surface area (Å²) in [5.74, 6) is -0.932. The summed E-state index contributed by atoms with van der Waals surface area (Å²) in [6, 6.07) is 5.65. The van der Waals surface area contributed by atoms with E-state index in [-0.39, 0.29) is 0 Å². The minimum Gasteiger partial charge on any atom is -0.478 e. The van der Waals surface area contributed by atoms with Crippen molar-refractivity contribution < 1.29 is 9.90 Å². The molecule has 0 aliphatic heterocycles. The summed E-state index contributed by atoms with van der Waals surface area (Å²) in [4.78, 5) is 10.5. The van der Waals surface area contributed by atoms with Crippen LogP contribution in [0.2, 0.25) is 0 Å². The van der Waals surface area contributed by atoms with Gasteiger partial charge in [0, 0.05) is 15.0 Å². The number of carboxylic acid groups (broad SMARTS) is 1. The van der Waals surface area contributed by atoms with E-state index in [0.717, 1.165) is 20.1 Å². The van der Waals surface area contributed by atoms with Crippen LogP contribution in [0.25, 0.3) is 5.57 Å². The molecule has 0 bridgehead atoms. The van der Waals surface area contributed by atoms with Crippen molar-refractivity contribution in [1.82, 2.24) is 0 Å². The van der Waals surface area contributed by atoms with Gasteiger partial charge in [-0.1, -0.05) is 31.9 Å². The molecule has 0 aliphatic carbocycles. The largest absolute Gasteiger partial charge is 0.478 e. The first-order valence-corrected chi connectivity index (χ1v) is 5.45. The average Bonchev–Trinajstić information content (AvgIpc) is 2.00. The van der Waals surface area contributed by atoms with Crippen LogP contribution >= 0.6 is 31.9 Å². The Balaban J connectivity index is 3.13. The Morgan fingerprint density at radius 2 is 1.79 bits per heavy atom. The predicted octanol–water partition coefficient (Wildman–Crippen LogP) is 3.70. The molecule has 1 aromatic rings. The van der Waals surface area contributed by atoms with E-state index in [9.17, 15) is 4.79 Å². The van der Waals surface area contributed by atoms with Crippen LogP contribution in [0.4, 0.5) is 0 Å². The summed E-state index contributed by atoms with van der Waals surface area (Å²) >= 11 is 6.69. The van der Waals surface area contributed by atoms with Crippen molar-refractivity contribution in [3.63, 3.8) is 0 Å². The van der Waals surface area contributed by atoms with Crippen molar-refractivity contribution in [2.24, 2.45) is 0 Å². The minimum atomic E-state index is -0.932. The second kappa shape index (κ2) is 4.75. The van der Waals surface area contributed by atoms with Crippen molar-refractivity contribution in [2.75, 3.05) is 0 Å². The third-order valence-corrected chi connectivity index (χ3v) is 2.57. The molecule has 2 nitrogen and oxygen atoms in total. The molecule has 0 aromatic heterocycles. The minimum absolute atomic E-state index is 0.722. The predicted molar refractivity (Wildman–Crippen MR) is 63.1 cm³/mol. The summed E-state index contributed by atoms with van der Waals surface area (Å²) in [6.07, 6.45) is 1.19. The normalized spacial score (nSPS) is 11.5. The van der Waals surface area contributed by atoms with Crippen molar-refractivity contribution in [2.45, 2.75) is 6.92 Å². The SMILES string of the molecule is CC(=CC(=O)O)c1cc(Br)cc(Br)c1. The van der Waals surface area contributed by atoms with Crippen LogP contribution < -0.4 is 0 Å². The summed E-state index contributed by atoms with van der Waals surface area (Å²) < 4.78 is 1.83. The van der Waals surface area contributed by atoms with Crippen molar-refractivity contribution in [3.05, 3.63) is 38.8 Å². The number of hydrogen-bond acceptors (Lipinski definition) is 1. The molecule has 0 radical (unpaired) electrons. The molecular weight excluding hydrogens is 312 g/mol. The zero-order chi connectivity index (χ0) is 10.7. The van der Waals surface area contributed by atoms with E-state index in [2.05, 4.69) is 31.9 Å². The molecular formula is C10H8Br2O2. The van der Waals surface area contributed by atoms with Crippen molar-refractivity contribution in [1.29, 1.82) is 0 Å². The van der Waals surface area contributed by atoms with Gasteiger partial charge in [-0.05, 0) is 36.3 Å². The zero-order valence-electron chi connectivity index (χ0n) is 7.42. The van der Waals surface area contributed by atoms with E-state index >= 15 is 0 Å². The molecule has 4 heteroatoms. The maximum absolute atomic E-state index is 10.5. The molecule has 14 heavy (non-hydrogen) atoms. The van der Waals surface area contributed by atoms with E-state index in [1.165, 1.54) is 6.08 Å². The molecule has 0 spiro atoms. The van der Waals surface area contributed by atoms with Crippen LogP contribution in [-0.2, 0) is 4.79 Å². The van der Waals surface area contributed by atoms with E-state index in [0.29, 0.717) is 0 Å². The number of aliphatic carboxylic acids is 1. The summed E-state index contributed by atoms with van der Waals surface area (Å²) in [6.45, 7) is 1.77. The van der Waals surface area contributed by atoms with Gasteiger partial charge in [0.2, 0.25) is 0 Å². The lowest BCUT2D eigenvalue weighted by Gasteiger charge is -2.02. The van der Waals surface area contributed by atoms with E-state index in [4.69, 9.17) is 5.11 Å². The number of halogens is 2. The van der Waals surface area contributed by atoms with Gasteiger partial charge in [0.15, 0.2) is 0 Å². The van der Waals surface area contributed by atoms with Gasteiger partial charge in [-0.2, -0.15) is 0 Å². The molecule has 1 N–H and O–H groups in total. The Morgan fingerprint density at radius 1 is 1.29 bits per heavy atom. The molecule has 0 unspecified atom stereocenters. The summed E-state index contributed by atoms with van der Waals surface area (Å²) in [7, 11) is 0. The second-order valence-electron chi connectivity index (χ2n) is 2.82. The fourth-order valence-electron chi connectivity index (χ4n) is 1.05. The highest BCUT2D eigenvalue weighted by molar-refractivity contribution is 9.11.